The van der Waals surface area contributed by atoms with Crippen molar-refractivity contribution < 1.29 is 32.5 Å². The topological polar surface area (TPSA) is 97.8 Å². The number of carbonyl (C=O) groups is 2. The second-order valence-electron chi connectivity index (χ2n) is 14.1. The van der Waals surface area contributed by atoms with Crippen LogP contribution in [0.2, 0.25) is 0 Å². The van der Waals surface area contributed by atoms with Crippen LogP contribution < -0.4 is 9.47 Å². The van der Waals surface area contributed by atoms with Crippen LogP contribution in [0.5, 0.6) is 17.2 Å². The second-order valence-corrected chi connectivity index (χ2v) is 16.3. The average Bonchev–Trinajstić information content (AvgIpc) is 3.83. The fraction of sp³-hybridized carbons (Fsp3) is 0.450. The molecule has 4 heterocycles. The number of benzene rings is 3. The fourth-order valence-electron chi connectivity index (χ4n) is 8.30. The van der Waals surface area contributed by atoms with Gasteiger partial charge in [0, 0.05) is 36.2 Å². The lowest BCUT2D eigenvalue weighted by molar-refractivity contribution is -0.150. The van der Waals surface area contributed by atoms with Gasteiger partial charge in [-0.25, -0.2) is 9.59 Å². The molecule has 8 rings (SSSR count). The van der Waals surface area contributed by atoms with E-state index in [0.29, 0.717) is 28.9 Å². The number of piperidine rings is 1. The Morgan fingerprint density at radius 2 is 1.44 bits per heavy atom. The number of rotatable bonds is 10. The quantitative estimate of drug-likeness (QED) is 0.220. The van der Waals surface area contributed by atoms with Crippen LogP contribution in [0.4, 0.5) is 0 Å². The van der Waals surface area contributed by atoms with Crippen LogP contribution in [-0.4, -0.2) is 78.3 Å². The molecule has 264 valence electrons. The Bertz CT molecular complexity index is 1730. The minimum atomic E-state index is -3.01. The number of hydrogen-bond acceptors (Lipinski definition) is 9. The number of fused-ring (bicyclic) bond motifs is 2. The third kappa shape index (κ3) is 6.61. The van der Waals surface area contributed by atoms with Crippen molar-refractivity contribution in [1.82, 2.24) is 9.80 Å². The monoisotopic (exact) mass is 698 g/mol. The molecular formula is C40H46N2O7S. The molecule has 1 spiro atoms. The van der Waals surface area contributed by atoms with Gasteiger partial charge in [0.15, 0.2) is 0 Å². The van der Waals surface area contributed by atoms with E-state index in [2.05, 4.69) is 34.1 Å². The Balaban J connectivity index is 1.08. The highest BCUT2D eigenvalue weighted by Crippen LogP contribution is 2.77. The standard InChI is InChI=1S/C40H46N2O7S/c43-30-14-19-33-34(26-28-10-15-32(16-11-28)47-36-9-3-2-8-35(36)42-22-4-1-5-23-42)38(50(37(33)27-30)48-39(44)40(45)49-50)29-12-17-31(18-13-29)46-25-24-41-20-6-7-21-41/h10-19,27,35-36,43H,1-9,20-26H2. The summed E-state index contributed by atoms with van der Waals surface area (Å²) in [6.07, 6.45) is 11.8. The number of allylic oxidation sites excluding steroid dienone is 1. The maximum Gasteiger partial charge on any atom is 0.442 e. The molecule has 3 saturated heterocycles. The van der Waals surface area contributed by atoms with E-state index in [1.807, 2.05) is 30.3 Å². The molecule has 0 bridgehead atoms. The number of carbonyl (C=O) groups excluding carboxylic acids is 2. The molecule has 3 aromatic carbocycles. The van der Waals surface area contributed by atoms with E-state index in [-0.39, 0.29) is 11.9 Å². The van der Waals surface area contributed by atoms with Crippen molar-refractivity contribution in [1.29, 1.82) is 0 Å². The van der Waals surface area contributed by atoms with E-state index in [9.17, 15) is 14.7 Å². The van der Waals surface area contributed by atoms with E-state index >= 15 is 0 Å². The fourth-order valence-corrected chi connectivity index (χ4v) is 11.2. The average molecular weight is 699 g/mol. The van der Waals surface area contributed by atoms with Gasteiger partial charge in [0.2, 0.25) is 0 Å². The van der Waals surface area contributed by atoms with Gasteiger partial charge in [-0.05, 0) is 131 Å². The number of hydrogen-bond donors (Lipinski definition) is 1. The Morgan fingerprint density at radius 3 is 2.18 bits per heavy atom. The summed E-state index contributed by atoms with van der Waals surface area (Å²) in [6, 6.07) is 21.4. The first-order valence-electron chi connectivity index (χ1n) is 18.3. The predicted octanol–water partition coefficient (Wildman–Crippen LogP) is 7.26. The molecule has 50 heavy (non-hydrogen) atoms. The van der Waals surface area contributed by atoms with Crippen molar-refractivity contribution in [2.24, 2.45) is 0 Å². The summed E-state index contributed by atoms with van der Waals surface area (Å²) >= 11 is 0. The van der Waals surface area contributed by atoms with Crippen molar-refractivity contribution in [2.75, 3.05) is 39.3 Å². The molecule has 0 radical (unpaired) electrons. The van der Waals surface area contributed by atoms with E-state index in [4.69, 9.17) is 17.8 Å². The van der Waals surface area contributed by atoms with Gasteiger partial charge in [-0.3, -0.25) is 9.80 Å². The zero-order valence-corrected chi connectivity index (χ0v) is 29.3. The maximum atomic E-state index is 12.7. The Labute approximate surface area is 295 Å². The first-order chi connectivity index (χ1) is 24.5. The van der Waals surface area contributed by atoms with Gasteiger partial charge < -0.3 is 22.9 Å². The molecule has 4 fully saturated rings. The minimum Gasteiger partial charge on any atom is -0.508 e. The van der Waals surface area contributed by atoms with Crippen LogP contribution in [0.3, 0.4) is 0 Å². The Hall–Kier alpha value is -3.99. The second kappa shape index (κ2) is 14.3. The van der Waals surface area contributed by atoms with Gasteiger partial charge in [0.25, 0.3) is 0 Å². The largest absolute Gasteiger partial charge is 0.508 e. The van der Waals surface area contributed by atoms with Gasteiger partial charge in [-0.1, -0.05) is 35.6 Å². The highest BCUT2D eigenvalue weighted by atomic mass is 32.3. The van der Waals surface area contributed by atoms with E-state index in [1.54, 1.807) is 12.1 Å². The smallest absolute Gasteiger partial charge is 0.442 e. The molecule has 2 unspecified atom stereocenters. The van der Waals surface area contributed by atoms with E-state index < -0.39 is 22.5 Å². The number of nitrogens with zero attached hydrogens (tertiary/aromatic N) is 2. The number of ether oxygens (including phenoxy) is 2. The van der Waals surface area contributed by atoms with Gasteiger partial charge in [-0.2, -0.15) is 0 Å². The third-order valence-electron chi connectivity index (χ3n) is 10.8. The van der Waals surface area contributed by atoms with Crippen molar-refractivity contribution in [3.63, 3.8) is 0 Å². The molecule has 1 N–H and O–H groups in total. The highest BCUT2D eigenvalue weighted by molar-refractivity contribution is 8.35. The normalized spacial score (nSPS) is 24.2. The van der Waals surface area contributed by atoms with Crippen molar-refractivity contribution in [3.05, 3.63) is 83.4 Å². The summed E-state index contributed by atoms with van der Waals surface area (Å²) in [6.45, 7) is 6.06. The summed E-state index contributed by atoms with van der Waals surface area (Å²) in [5, 5.41) is 10.5. The van der Waals surface area contributed by atoms with Crippen LogP contribution >= 0.6 is 10.6 Å². The number of aromatic hydroxyl groups is 1. The number of phenolic OH excluding ortho intramolecular Hbond substituents is 1. The first kappa shape index (κ1) is 33.2. The highest BCUT2D eigenvalue weighted by Gasteiger charge is 2.52. The minimum absolute atomic E-state index is 0.00375. The predicted molar refractivity (Wildman–Crippen MR) is 193 cm³/mol. The molecule has 5 aliphatic rings. The summed E-state index contributed by atoms with van der Waals surface area (Å²) < 4.78 is 24.5. The summed E-state index contributed by atoms with van der Waals surface area (Å²) in [5.74, 6) is -0.438. The van der Waals surface area contributed by atoms with Crippen LogP contribution in [0.25, 0.3) is 10.5 Å². The van der Waals surface area contributed by atoms with Crippen LogP contribution in [0.1, 0.15) is 74.5 Å². The van der Waals surface area contributed by atoms with E-state index in [1.165, 1.54) is 64.5 Å². The van der Waals surface area contributed by atoms with E-state index in [0.717, 1.165) is 59.8 Å². The van der Waals surface area contributed by atoms with Crippen LogP contribution in [0.15, 0.2) is 71.6 Å². The molecule has 0 aromatic heterocycles. The third-order valence-corrected chi connectivity index (χ3v) is 13.5. The molecular weight excluding hydrogens is 653 g/mol. The van der Waals surface area contributed by atoms with Crippen LogP contribution in [0, 0.1) is 0 Å². The van der Waals surface area contributed by atoms with Gasteiger partial charge in [-0.15, -0.1) is 0 Å². The Morgan fingerprint density at radius 1 is 0.760 bits per heavy atom. The SMILES string of the molecule is O=C1OS2(OC1=O)C(c1ccc(OCCN3CCCC3)cc1)=C(Cc1ccc(OC3CCCCC3N3CCCCC3)cc1)c1ccc(O)cc12. The summed E-state index contributed by atoms with van der Waals surface area (Å²) in [5.41, 5.74) is 3.47. The van der Waals surface area contributed by atoms with Crippen molar-refractivity contribution in [2.45, 2.75) is 81.2 Å². The van der Waals surface area contributed by atoms with Gasteiger partial charge >= 0.3 is 11.9 Å². The van der Waals surface area contributed by atoms with Crippen molar-refractivity contribution in [3.8, 4) is 17.2 Å². The molecule has 0 amide bonds. The lowest BCUT2D eigenvalue weighted by Crippen LogP contribution is -2.49. The molecule has 9 nitrogen and oxygen atoms in total. The number of phenols is 1. The molecule has 3 aromatic rings. The van der Waals surface area contributed by atoms with Crippen LogP contribution in [-0.2, 0) is 24.4 Å². The zero-order chi connectivity index (χ0) is 34.1. The van der Waals surface area contributed by atoms with Crippen molar-refractivity contribution >= 4 is 33.0 Å². The summed E-state index contributed by atoms with van der Waals surface area (Å²) in [4.78, 5) is 31.6. The first-order valence-corrected chi connectivity index (χ1v) is 19.8. The lowest BCUT2D eigenvalue weighted by atomic mass is 9.90. The molecule has 2 atom stereocenters. The van der Waals surface area contributed by atoms with Gasteiger partial charge in [0.05, 0.1) is 9.80 Å². The van der Waals surface area contributed by atoms with Gasteiger partial charge in [0.1, 0.15) is 30.0 Å². The lowest BCUT2D eigenvalue weighted by Gasteiger charge is -2.41. The molecule has 4 aliphatic heterocycles. The molecule has 1 aliphatic carbocycles. The molecule has 1 saturated carbocycles. The number of likely N-dealkylation sites (tertiary alicyclic amines) is 2. The Kier molecular flexibility index (Phi) is 9.50. The molecule has 10 heteroatoms. The maximum absolute atomic E-state index is 12.7. The zero-order valence-electron chi connectivity index (χ0n) is 28.5. The summed E-state index contributed by atoms with van der Waals surface area (Å²) in [7, 11) is -3.01.